The van der Waals surface area contributed by atoms with E-state index in [-0.39, 0.29) is 11.3 Å². The van der Waals surface area contributed by atoms with E-state index in [9.17, 15) is 4.79 Å². The Balaban J connectivity index is 2.73. The van der Waals surface area contributed by atoms with E-state index in [1.165, 1.54) is 5.56 Å². The van der Waals surface area contributed by atoms with Gasteiger partial charge in [0.05, 0.1) is 0 Å². The normalized spacial score (nSPS) is 13.2. The summed E-state index contributed by atoms with van der Waals surface area (Å²) in [6.45, 7) is 10.4. The Morgan fingerprint density at radius 2 is 1.78 bits per heavy atom. The van der Waals surface area contributed by atoms with Crippen LogP contribution in [0.3, 0.4) is 0 Å². The van der Waals surface area contributed by atoms with Crippen LogP contribution in [0.1, 0.15) is 58.9 Å². The molecule has 2 heteroatoms. The molecule has 0 radical (unpaired) electrons. The third-order valence-electron chi connectivity index (χ3n) is 3.85. The number of hydrogen-bond acceptors (Lipinski definition) is 1. The van der Waals surface area contributed by atoms with E-state index in [1.807, 2.05) is 32.9 Å². The van der Waals surface area contributed by atoms with Gasteiger partial charge in [0.2, 0.25) is 5.91 Å². The molecule has 0 unspecified atom stereocenters. The van der Waals surface area contributed by atoms with Gasteiger partial charge in [-0.2, -0.15) is 0 Å². The second kappa shape index (κ2) is 6.03. The molecule has 2 nitrogen and oxygen atoms in total. The SMILES string of the molecule is CC[C@H](C)c1ccc(NC(=O)C(C)(C)CC)cc1. The number of amides is 1. The minimum atomic E-state index is -0.310. The summed E-state index contributed by atoms with van der Waals surface area (Å²) in [6.07, 6.45) is 1.97. The summed E-state index contributed by atoms with van der Waals surface area (Å²) in [5.74, 6) is 0.656. The highest BCUT2D eigenvalue weighted by Gasteiger charge is 2.25. The summed E-state index contributed by atoms with van der Waals surface area (Å²) in [5.41, 5.74) is 1.90. The van der Waals surface area contributed by atoms with Gasteiger partial charge in [-0.1, -0.05) is 46.8 Å². The molecule has 0 heterocycles. The van der Waals surface area contributed by atoms with Crippen molar-refractivity contribution in [3.8, 4) is 0 Å². The Morgan fingerprint density at radius 3 is 2.22 bits per heavy atom. The number of hydrogen-bond donors (Lipinski definition) is 1. The maximum atomic E-state index is 12.0. The Morgan fingerprint density at radius 1 is 1.22 bits per heavy atom. The zero-order valence-corrected chi connectivity index (χ0v) is 12.2. The van der Waals surface area contributed by atoms with Gasteiger partial charge in [-0.05, 0) is 36.5 Å². The molecule has 0 bridgehead atoms. The Labute approximate surface area is 111 Å². The van der Waals surface area contributed by atoms with E-state index in [0.29, 0.717) is 5.92 Å². The summed E-state index contributed by atoms with van der Waals surface area (Å²) in [5, 5.41) is 2.98. The van der Waals surface area contributed by atoms with Gasteiger partial charge < -0.3 is 5.32 Å². The van der Waals surface area contributed by atoms with Crippen LogP contribution in [0.15, 0.2) is 24.3 Å². The van der Waals surface area contributed by atoms with Crippen LogP contribution in [-0.4, -0.2) is 5.91 Å². The lowest BCUT2D eigenvalue weighted by Crippen LogP contribution is -2.29. The van der Waals surface area contributed by atoms with E-state index in [1.54, 1.807) is 0 Å². The van der Waals surface area contributed by atoms with E-state index in [4.69, 9.17) is 0 Å². The molecular weight excluding hydrogens is 222 g/mol. The number of benzene rings is 1. The predicted octanol–water partition coefficient (Wildman–Crippen LogP) is 4.57. The lowest BCUT2D eigenvalue weighted by atomic mass is 9.89. The molecule has 0 saturated carbocycles. The molecule has 1 rings (SSSR count). The average Bonchev–Trinajstić information content (AvgIpc) is 2.38. The first-order valence-electron chi connectivity index (χ1n) is 6.82. The zero-order chi connectivity index (χ0) is 13.8. The van der Waals surface area contributed by atoms with Crippen LogP contribution in [0.4, 0.5) is 5.69 Å². The summed E-state index contributed by atoms with van der Waals surface area (Å²) in [6, 6.07) is 8.18. The highest BCUT2D eigenvalue weighted by atomic mass is 16.2. The third kappa shape index (κ3) is 3.59. The second-order valence-electron chi connectivity index (χ2n) is 5.62. The number of anilines is 1. The van der Waals surface area contributed by atoms with E-state index in [2.05, 4.69) is 31.3 Å². The first-order valence-corrected chi connectivity index (χ1v) is 6.82. The summed E-state index contributed by atoms with van der Waals surface area (Å²) in [4.78, 5) is 12.0. The molecule has 1 aromatic rings. The fraction of sp³-hybridized carbons (Fsp3) is 0.562. The van der Waals surface area contributed by atoms with Crippen molar-refractivity contribution in [2.45, 2.75) is 53.4 Å². The van der Waals surface area contributed by atoms with Crippen LogP contribution in [0.5, 0.6) is 0 Å². The van der Waals surface area contributed by atoms with Crippen molar-refractivity contribution in [3.05, 3.63) is 29.8 Å². The van der Waals surface area contributed by atoms with Crippen molar-refractivity contribution >= 4 is 11.6 Å². The van der Waals surface area contributed by atoms with Gasteiger partial charge in [-0.3, -0.25) is 4.79 Å². The molecule has 18 heavy (non-hydrogen) atoms. The standard InChI is InChI=1S/C16H25NO/c1-6-12(3)13-8-10-14(11-9-13)17-15(18)16(4,5)7-2/h8-12H,6-7H2,1-5H3,(H,17,18)/t12-/m0/s1. The Bertz CT molecular complexity index is 392. The van der Waals surface area contributed by atoms with Crippen molar-refractivity contribution < 1.29 is 4.79 Å². The molecule has 0 aromatic heterocycles. The molecule has 1 atom stereocenters. The third-order valence-corrected chi connectivity index (χ3v) is 3.85. The molecule has 0 aliphatic carbocycles. The lowest BCUT2D eigenvalue weighted by molar-refractivity contribution is -0.124. The average molecular weight is 247 g/mol. The molecule has 1 aromatic carbocycles. The van der Waals surface area contributed by atoms with Crippen LogP contribution < -0.4 is 5.32 Å². The Kier molecular flexibility index (Phi) is 4.94. The molecule has 0 fully saturated rings. The van der Waals surface area contributed by atoms with Crippen molar-refractivity contribution in [1.29, 1.82) is 0 Å². The first kappa shape index (κ1) is 14.7. The summed E-state index contributed by atoms with van der Waals surface area (Å²) >= 11 is 0. The van der Waals surface area contributed by atoms with Crippen LogP contribution in [0, 0.1) is 5.41 Å². The van der Waals surface area contributed by atoms with Gasteiger partial charge in [-0.25, -0.2) is 0 Å². The highest BCUT2D eigenvalue weighted by Crippen LogP contribution is 2.24. The molecule has 0 aliphatic rings. The van der Waals surface area contributed by atoms with Gasteiger partial charge in [0.1, 0.15) is 0 Å². The molecule has 0 aliphatic heterocycles. The first-order chi connectivity index (χ1) is 8.40. The molecule has 0 spiro atoms. The monoisotopic (exact) mass is 247 g/mol. The predicted molar refractivity (Wildman–Crippen MR) is 77.8 cm³/mol. The summed E-state index contributed by atoms with van der Waals surface area (Å²) in [7, 11) is 0. The minimum Gasteiger partial charge on any atom is -0.326 e. The van der Waals surface area contributed by atoms with Crippen LogP contribution in [0.25, 0.3) is 0 Å². The van der Waals surface area contributed by atoms with E-state index in [0.717, 1.165) is 18.5 Å². The fourth-order valence-electron chi connectivity index (χ4n) is 1.59. The van der Waals surface area contributed by atoms with Gasteiger partial charge in [0, 0.05) is 11.1 Å². The molecular formula is C16H25NO. The molecule has 1 N–H and O–H groups in total. The van der Waals surface area contributed by atoms with E-state index >= 15 is 0 Å². The van der Waals surface area contributed by atoms with Crippen LogP contribution in [-0.2, 0) is 4.79 Å². The van der Waals surface area contributed by atoms with Crippen molar-refractivity contribution in [2.24, 2.45) is 5.41 Å². The number of carbonyl (C=O) groups excluding carboxylic acids is 1. The minimum absolute atomic E-state index is 0.0845. The van der Waals surface area contributed by atoms with Crippen LogP contribution in [0.2, 0.25) is 0 Å². The smallest absolute Gasteiger partial charge is 0.230 e. The number of rotatable bonds is 5. The Hall–Kier alpha value is -1.31. The van der Waals surface area contributed by atoms with Gasteiger partial charge in [0.15, 0.2) is 0 Å². The second-order valence-corrected chi connectivity index (χ2v) is 5.62. The van der Waals surface area contributed by atoms with Crippen molar-refractivity contribution in [3.63, 3.8) is 0 Å². The van der Waals surface area contributed by atoms with Gasteiger partial charge in [-0.15, -0.1) is 0 Å². The highest BCUT2D eigenvalue weighted by molar-refractivity contribution is 5.94. The maximum Gasteiger partial charge on any atom is 0.230 e. The topological polar surface area (TPSA) is 29.1 Å². The van der Waals surface area contributed by atoms with Gasteiger partial charge >= 0.3 is 0 Å². The van der Waals surface area contributed by atoms with E-state index < -0.39 is 0 Å². The van der Waals surface area contributed by atoms with Crippen molar-refractivity contribution in [2.75, 3.05) is 5.32 Å². The largest absolute Gasteiger partial charge is 0.326 e. The lowest BCUT2D eigenvalue weighted by Gasteiger charge is -2.21. The fourth-order valence-corrected chi connectivity index (χ4v) is 1.59. The molecule has 1 amide bonds. The molecule has 0 saturated heterocycles. The number of nitrogens with one attached hydrogen (secondary N) is 1. The number of carbonyl (C=O) groups is 1. The maximum absolute atomic E-state index is 12.0. The van der Waals surface area contributed by atoms with Gasteiger partial charge in [0.25, 0.3) is 0 Å². The molecule has 100 valence electrons. The summed E-state index contributed by atoms with van der Waals surface area (Å²) < 4.78 is 0. The van der Waals surface area contributed by atoms with Crippen LogP contribution >= 0.6 is 0 Å². The van der Waals surface area contributed by atoms with Crippen molar-refractivity contribution in [1.82, 2.24) is 0 Å². The quantitative estimate of drug-likeness (QED) is 0.811. The zero-order valence-electron chi connectivity index (χ0n) is 12.2.